The third-order valence-corrected chi connectivity index (χ3v) is 4.87. The van der Waals surface area contributed by atoms with Gasteiger partial charge in [-0.2, -0.15) is 0 Å². The third kappa shape index (κ3) is 2.49. The standard InChI is InChI=1S/C19H23BO2/c1-14-10-9-13-16(17(14)15-11-7-6-8-12-15)20-21-18(2,3)19(4,5)22-20/h6-13H,1-5H3. The van der Waals surface area contributed by atoms with Crippen LogP contribution in [0.15, 0.2) is 48.5 Å². The summed E-state index contributed by atoms with van der Waals surface area (Å²) in [6.45, 7) is 10.5. The Balaban J connectivity index is 2.09. The predicted molar refractivity (Wildman–Crippen MR) is 92.3 cm³/mol. The van der Waals surface area contributed by atoms with Crippen LogP contribution in [0.1, 0.15) is 33.3 Å². The molecule has 0 saturated carbocycles. The van der Waals surface area contributed by atoms with Crippen LogP contribution < -0.4 is 5.46 Å². The van der Waals surface area contributed by atoms with Gasteiger partial charge in [0.2, 0.25) is 0 Å². The second-order valence-electron chi connectivity index (χ2n) is 6.99. The summed E-state index contributed by atoms with van der Waals surface area (Å²) < 4.78 is 12.5. The summed E-state index contributed by atoms with van der Waals surface area (Å²) in [6.07, 6.45) is 0. The molecule has 0 N–H and O–H groups in total. The summed E-state index contributed by atoms with van der Waals surface area (Å²) >= 11 is 0. The van der Waals surface area contributed by atoms with E-state index in [9.17, 15) is 0 Å². The van der Waals surface area contributed by atoms with Gasteiger partial charge in [0.15, 0.2) is 0 Å². The second-order valence-corrected chi connectivity index (χ2v) is 6.99. The van der Waals surface area contributed by atoms with Crippen molar-refractivity contribution in [3.8, 4) is 11.1 Å². The lowest BCUT2D eigenvalue weighted by atomic mass is 9.73. The van der Waals surface area contributed by atoms with Crippen LogP contribution in [0.2, 0.25) is 0 Å². The van der Waals surface area contributed by atoms with Crippen molar-refractivity contribution in [2.45, 2.75) is 45.8 Å². The lowest BCUT2D eigenvalue weighted by Crippen LogP contribution is -2.41. The van der Waals surface area contributed by atoms with Crippen LogP contribution in [0.4, 0.5) is 0 Å². The SMILES string of the molecule is Cc1cccc(B2OC(C)(C)C(C)(C)O2)c1-c1ccccc1. The first-order chi connectivity index (χ1) is 10.3. The monoisotopic (exact) mass is 294 g/mol. The first-order valence-corrected chi connectivity index (χ1v) is 7.82. The van der Waals surface area contributed by atoms with Crippen LogP contribution in [-0.4, -0.2) is 18.3 Å². The smallest absolute Gasteiger partial charge is 0.399 e. The summed E-state index contributed by atoms with van der Waals surface area (Å²) in [7, 11) is -0.333. The zero-order valence-corrected chi connectivity index (χ0v) is 14.0. The van der Waals surface area contributed by atoms with E-state index in [2.05, 4.69) is 77.1 Å². The molecule has 0 spiro atoms. The summed E-state index contributed by atoms with van der Waals surface area (Å²) in [5.41, 5.74) is 4.10. The largest absolute Gasteiger partial charge is 0.495 e. The molecule has 2 aromatic rings. The van der Waals surface area contributed by atoms with Gasteiger partial charge in [0.25, 0.3) is 0 Å². The quantitative estimate of drug-likeness (QED) is 0.780. The van der Waals surface area contributed by atoms with E-state index in [1.54, 1.807) is 0 Å². The highest BCUT2D eigenvalue weighted by Crippen LogP contribution is 2.37. The minimum atomic E-state index is -0.333. The van der Waals surface area contributed by atoms with Crippen molar-refractivity contribution in [2.75, 3.05) is 0 Å². The summed E-state index contributed by atoms with van der Waals surface area (Å²) in [4.78, 5) is 0. The van der Waals surface area contributed by atoms with Crippen molar-refractivity contribution in [2.24, 2.45) is 0 Å². The molecular weight excluding hydrogens is 271 g/mol. The minimum absolute atomic E-state index is 0.324. The van der Waals surface area contributed by atoms with Gasteiger partial charge >= 0.3 is 7.12 Å². The van der Waals surface area contributed by atoms with Crippen LogP contribution in [0.3, 0.4) is 0 Å². The van der Waals surface area contributed by atoms with E-state index in [0.29, 0.717) is 0 Å². The molecule has 0 unspecified atom stereocenters. The van der Waals surface area contributed by atoms with Crippen molar-refractivity contribution in [3.63, 3.8) is 0 Å². The Morgan fingerprint density at radius 2 is 1.36 bits per heavy atom. The van der Waals surface area contributed by atoms with Crippen LogP contribution in [-0.2, 0) is 9.31 Å². The molecule has 0 aromatic heterocycles. The van der Waals surface area contributed by atoms with E-state index in [-0.39, 0.29) is 18.3 Å². The van der Waals surface area contributed by atoms with Crippen LogP contribution in [0, 0.1) is 6.92 Å². The van der Waals surface area contributed by atoms with Crippen molar-refractivity contribution in [1.29, 1.82) is 0 Å². The topological polar surface area (TPSA) is 18.5 Å². The fraction of sp³-hybridized carbons (Fsp3) is 0.368. The Kier molecular flexibility index (Phi) is 3.66. The molecule has 1 aliphatic rings. The molecule has 0 aliphatic carbocycles. The average Bonchev–Trinajstić information content (AvgIpc) is 2.68. The molecule has 3 rings (SSSR count). The molecule has 1 saturated heterocycles. The maximum Gasteiger partial charge on any atom is 0.495 e. The Labute approximate surface area is 133 Å². The van der Waals surface area contributed by atoms with E-state index in [0.717, 1.165) is 5.46 Å². The van der Waals surface area contributed by atoms with Crippen molar-refractivity contribution >= 4 is 12.6 Å². The zero-order chi connectivity index (χ0) is 16.0. The van der Waals surface area contributed by atoms with Gasteiger partial charge in [0, 0.05) is 0 Å². The minimum Gasteiger partial charge on any atom is -0.399 e. The number of aryl methyl sites for hydroxylation is 1. The van der Waals surface area contributed by atoms with Crippen LogP contribution >= 0.6 is 0 Å². The molecule has 0 radical (unpaired) electrons. The van der Waals surface area contributed by atoms with Gasteiger partial charge in [-0.25, -0.2) is 0 Å². The molecular formula is C19H23BO2. The molecule has 0 atom stereocenters. The van der Waals surface area contributed by atoms with Crippen molar-refractivity contribution < 1.29 is 9.31 Å². The lowest BCUT2D eigenvalue weighted by Gasteiger charge is -2.32. The molecule has 1 fully saturated rings. The fourth-order valence-electron chi connectivity index (χ4n) is 2.86. The number of rotatable bonds is 2. The van der Waals surface area contributed by atoms with Gasteiger partial charge in [-0.15, -0.1) is 0 Å². The zero-order valence-electron chi connectivity index (χ0n) is 14.0. The van der Waals surface area contributed by atoms with Gasteiger partial charge < -0.3 is 9.31 Å². The Hall–Kier alpha value is -1.58. The first kappa shape index (κ1) is 15.3. The molecule has 114 valence electrons. The Bertz CT molecular complexity index is 661. The van der Waals surface area contributed by atoms with Crippen LogP contribution in [0.25, 0.3) is 11.1 Å². The Morgan fingerprint density at radius 1 is 0.773 bits per heavy atom. The summed E-state index contributed by atoms with van der Waals surface area (Å²) in [6, 6.07) is 16.8. The van der Waals surface area contributed by atoms with E-state index < -0.39 is 0 Å². The van der Waals surface area contributed by atoms with Crippen LogP contribution in [0.5, 0.6) is 0 Å². The first-order valence-electron chi connectivity index (χ1n) is 7.82. The highest BCUT2D eigenvalue weighted by molar-refractivity contribution is 6.64. The van der Waals surface area contributed by atoms with Gasteiger partial charge in [-0.3, -0.25) is 0 Å². The fourth-order valence-corrected chi connectivity index (χ4v) is 2.86. The Morgan fingerprint density at radius 3 is 1.95 bits per heavy atom. The van der Waals surface area contributed by atoms with Gasteiger partial charge in [-0.05, 0) is 56.8 Å². The van der Waals surface area contributed by atoms with Crippen molar-refractivity contribution in [1.82, 2.24) is 0 Å². The maximum absolute atomic E-state index is 6.25. The summed E-state index contributed by atoms with van der Waals surface area (Å²) in [5.74, 6) is 0. The molecule has 22 heavy (non-hydrogen) atoms. The molecule has 2 aromatic carbocycles. The summed E-state index contributed by atoms with van der Waals surface area (Å²) in [5, 5.41) is 0. The highest BCUT2D eigenvalue weighted by Gasteiger charge is 2.52. The highest BCUT2D eigenvalue weighted by atomic mass is 16.7. The molecule has 2 nitrogen and oxygen atoms in total. The second kappa shape index (κ2) is 5.25. The molecule has 1 aliphatic heterocycles. The molecule has 0 bridgehead atoms. The lowest BCUT2D eigenvalue weighted by molar-refractivity contribution is 0.00578. The van der Waals surface area contributed by atoms with Gasteiger partial charge in [-0.1, -0.05) is 48.5 Å². The molecule has 0 amide bonds. The van der Waals surface area contributed by atoms with E-state index in [4.69, 9.17) is 9.31 Å². The number of hydrogen-bond donors (Lipinski definition) is 0. The third-order valence-electron chi connectivity index (χ3n) is 4.87. The number of hydrogen-bond acceptors (Lipinski definition) is 2. The van der Waals surface area contributed by atoms with Gasteiger partial charge in [0.05, 0.1) is 11.2 Å². The molecule has 1 heterocycles. The van der Waals surface area contributed by atoms with E-state index >= 15 is 0 Å². The predicted octanol–water partition coefficient (Wildman–Crippen LogP) is 3.96. The van der Waals surface area contributed by atoms with Crippen molar-refractivity contribution in [3.05, 3.63) is 54.1 Å². The number of benzene rings is 2. The maximum atomic E-state index is 6.25. The van der Waals surface area contributed by atoms with E-state index in [1.807, 2.05) is 6.07 Å². The normalized spacial score (nSPS) is 19.4. The average molecular weight is 294 g/mol. The molecule has 3 heteroatoms. The van der Waals surface area contributed by atoms with Gasteiger partial charge in [0.1, 0.15) is 0 Å². The van der Waals surface area contributed by atoms with E-state index in [1.165, 1.54) is 16.7 Å².